The van der Waals surface area contributed by atoms with E-state index in [-0.39, 0.29) is 32.0 Å². The first-order chi connectivity index (χ1) is 22.2. The molecule has 1 fully saturated rings. The average molecular weight is 660 g/mol. The number of amides is 1. The molecular weight excluding hydrogens is 629 g/mol. The molecule has 0 aromatic heterocycles. The van der Waals surface area contributed by atoms with E-state index in [1.807, 2.05) is 54.6 Å². The number of nitrogens with one attached hydrogen (secondary N) is 1. The van der Waals surface area contributed by atoms with Crippen molar-refractivity contribution in [3.63, 3.8) is 0 Å². The van der Waals surface area contributed by atoms with Crippen LogP contribution in [0.1, 0.15) is 51.4 Å². The molecule has 3 atom stereocenters. The standard InChI is InChI=1S/C34H30F5NO5S/c35-28-27(29(36)31(38)32(39)30(28)37)33(43)40-16-20-3-1-4-22(13-20)23-5-2-6-24(14-23)34-44-25(18-46-12-11-41)15-26(45-34)21-9-7-19(17-42)8-10-21/h1-10,13-14,25-26,34,41-42H,11-12,15-18H2,(H,40,43)/t25-,26+,34+/m0/s1. The molecule has 1 amide bonds. The highest BCUT2D eigenvalue weighted by Gasteiger charge is 2.32. The maximum Gasteiger partial charge on any atom is 0.257 e. The SMILES string of the molecule is O=C(NCc1cccc(-c2cccc([C@@H]3O[C@H](CSCCO)C[C@H](c4ccc(CO)cc4)O3)c2)c1)c1c(F)c(F)c(F)c(F)c1F. The molecule has 4 aromatic carbocycles. The molecule has 4 aromatic rings. The molecule has 3 N–H and O–H groups in total. The normalized spacial score (nSPS) is 18.0. The van der Waals surface area contributed by atoms with Gasteiger partial charge in [0.25, 0.3) is 5.91 Å². The van der Waals surface area contributed by atoms with Gasteiger partial charge in [0.15, 0.2) is 29.6 Å². The number of hydrogen-bond acceptors (Lipinski definition) is 6. The Morgan fingerprint density at radius 1 is 0.783 bits per heavy atom. The molecule has 46 heavy (non-hydrogen) atoms. The Morgan fingerprint density at radius 2 is 1.43 bits per heavy atom. The zero-order valence-corrected chi connectivity index (χ0v) is 25.1. The molecular formula is C34H30F5NO5S. The second-order valence-corrected chi connectivity index (χ2v) is 11.8. The van der Waals surface area contributed by atoms with Crippen LogP contribution in [0.15, 0.2) is 72.8 Å². The van der Waals surface area contributed by atoms with Crippen molar-refractivity contribution in [2.45, 2.75) is 38.1 Å². The van der Waals surface area contributed by atoms with Crippen LogP contribution in [-0.4, -0.2) is 40.3 Å². The Balaban J connectivity index is 1.33. The largest absolute Gasteiger partial charge is 0.396 e. The summed E-state index contributed by atoms with van der Waals surface area (Å²) in [4.78, 5) is 12.4. The monoisotopic (exact) mass is 659 g/mol. The highest BCUT2D eigenvalue weighted by Crippen LogP contribution is 2.39. The summed E-state index contributed by atoms with van der Waals surface area (Å²) < 4.78 is 81.5. The quantitative estimate of drug-likeness (QED) is 0.0716. The summed E-state index contributed by atoms with van der Waals surface area (Å²) >= 11 is 1.58. The van der Waals surface area contributed by atoms with Crippen LogP contribution in [0.5, 0.6) is 0 Å². The Kier molecular flexibility index (Phi) is 11.1. The Bertz CT molecular complexity index is 1660. The van der Waals surface area contributed by atoms with Gasteiger partial charge >= 0.3 is 0 Å². The van der Waals surface area contributed by atoms with Gasteiger partial charge in [-0.1, -0.05) is 60.7 Å². The van der Waals surface area contributed by atoms with Gasteiger partial charge in [-0.3, -0.25) is 4.79 Å². The molecule has 0 bridgehead atoms. The van der Waals surface area contributed by atoms with E-state index in [0.29, 0.717) is 23.5 Å². The molecule has 1 aliphatic heterocycles. The molecule has 1 heterocycles. The summed E-state index contributed by atoms with van der Waals surface area (Å²) in [5, 5.41) is 20.9. The van der Waals surface area contributed by atoms with Gasteiger partial charge in [0.2, 0.25) is 5.82 Å². The van der Waals surface area contributed by atoms with Crippen LogP contribution in [0.3, 0.4) is 0 Å². The summed E-state index contributed by atoms with van der Waals surface area (Å²) in [5.74, 6) is -11.3. The van der Waals surface area contributed by atoms with Gasteiger partial charge in [0.1, 0.15) is 5.56 Å². The van der Waals surface area contributed by atoms with E-state index in [2.05, 4.69) is 5.32 Å². The number of benzene rings is 4. The summed E-state index contributed by atoms with van der Waals surface area (Å²) in [6, 6.07) is 21.9. The molecule has 5 rings (SSSR count). The van der Waals surface area contributed by atoms with Crippen molar-refractivity contribution in [1.29, 1.82) is 0 Å². The topological polar surface area (TPSA) is 88.0 Å². The fraction of sp³-hybridized carbons (Fsp3) is 0.265. The number of halogens is 5. The van der Waals surface area contributed by atoms with Gasteiger partial charge in [0.05, 0.1) is 25.4 Å². The van der Waals surface area contributed by atoms with Crippen molar-refractivity contribution in [3.8, 4) is 11.1 Å². The fourth-order valence-corrected chi connectivity index (χ4v) is 5.88. The lowest BCUT2D eigenvalue weighted by molar-refractivity contribution is -0.245. The van der Waals surface area contributed by atoms with Gasteiger partial charge in [-0.15, -0.1) is 0 Å². The van der Waals surface area contributed by atoms with Crippen LogP contribution in [0.2, 0.25) is 0 Å². The summed E-state index contributed by atoms with van der Waals surface area (Å²) in [5.41, 5.74) is 2.94. The van der Waals surface area contributed by atoms with E-state index >= 15 is 0 Å². The van der Waals surface area contributed by atoms with Crippen molar-refractivity contribution < 1.29 is 46.4 Å². The first kappa shape index (κ1) is 33.6. The molecule has 242 valence electrons. The molecule has 1 aliphatic rings. The Hall–Kier alpha value is -3.81. The van der Waals surface area contributed by atoms with Gasteiger partial charge in [-0.25, -0.2) is 22.0 Å². The van der Waals surface area contributed by atoms with Crippen LogP contribution in [0.4, 0.5) is 22.0 Å². The number of ether oxygens (including phenoxy) is 2. The third-order valence-electron chi connectivity index (χ3n) is 7.46. The number of carbonyl (C=O) groups is 1. The zero-order valence-electron chi connectivity index (χ0n) is 24.3. The van der Waals surface area contributed by atoms with Crippen LogP contribution in [0.25, 0.3) is 11.1 Å². The van der Waals surface area contributed by atoms with E-state index in [1.54, 1.807) is 30.0 Å². The summed E-state index contributed by atoms with van der Waals surface area (Å²) in [6.45, 7) is -0.250. The lowest BCUT2D eigenvalue weighted by atomic mass is 9.99. The van der Waals surface area contributed by atoms with E-state index in [0.717, 1.165) is 27.8 Å². The molecule has 0 spiro atoms. The molecule has 12 heteroatoms. The van der Waals surface area contributed by atoms with E-state index in [4.69, 9.17) is 9.47 Å². The third kappa shape index (κ3) is 7.59. The molecule has 0 aliphatic carbocycles. The van der Waals surface area contributed by atoms with Crippen molar-refractivity contribution in [2.24, 2.45) is 0 Å². The van der Waals surface area contributed by atoms with Crippen LogP contribution in [0, 0.1) is 29.1 Å². The summed E-state index contributed by atoms with van der Waals surface area (Å²) in [6.07, 6.45) is -0.545. The number of rotatable bonds is 11. The second kappa shape index (κ2) is 15.2. The van der Waals surface area contributed by atoms with Crippen LogP contribution >= 0.6 is 11.8 Å². The molecule has 0 unspecified atom stereocenters. The van der Waals surface area contributed by atoms with Gasteiger partial charge in [-0.05, 0) is 39.9 Å². The molecule has 0 radical (unpaired) electrons. The van der Waals surface area contributed by atoms with E-state index in [1.165, 1.54) is 0 Å². The molecule has 1 saturated heterocycles. The first-order valence-electron chi connectivity index (χ1n) is 14.4. The minimum atomic E-state index is -2.34. The van der Waals surface area contributed by atoms with Crippen molar-refractivity contribution >= 4 is 17.7 Å². The predicted octanol–water partition coefficient (Wildman–Crippen LogP) is 6.74. The Labute approximate surface area is 266 Å². The first-order valence-corrected chi connectivity index (χ1v) is 15.5. The number of carbonyl (C=O) groups excluding carboxylic acids is 1. The summed E-state index contributed by atoms with van der Waals surface area (Å²) in [7, 11) is 0. The number of hydrogen-bond donors (Lipinski definition) is 3. The maximum absolute atomic E-state index is 14.1. The Morgan fingerprint density at radius 3 is 2.11 bits per heavy atom. The van der Waals surface area contributed by atoms with Gasteiger partial charge in [0, 0.05) is 30.0 Å². The van der Waals surface area contributed by atoms with E-state index in [9.17, 15) is 37.0 Å². The highest BCUT2D eigenvalue weighted by molar-refractivity contribution is 7.99. The zero-order chi connectivity index (χ0) is 32.8. The predicted molar refractivity (Wildman–Crippen MR) is 162 cm³/mol. The molecule has 0 saturated carbocycles. The third-order valence-corrected chi connectivity index (χ3v) is 8.54. The smallest absolute Gasteiger partial charge is 0.257 e. The van der Waals surface area contributed by atoms with Gasteiger partial charge in [-0.2, -0.15) is 11.8 Å². The minimum Gasteiger partial charge on any atom is -0.396 e. The second-order valence-electron chi connectivity index (χ2n) is 10.6. The minimum absolute atomic E-state index is 0.0608. The fourth-order valence-electron chi connectivity index (χ4n) is 5.10. The maximum atomic E-state index is 14.1. The number of thioether (sulfide) groups is 1. The van der Waals surface area contributed by atoms with Crippen molar-refractivity contribution in [3.05, 3.63) is 130 Å². The van der Waals surface area contributed by atoms with E-state index < -0.39 is 46.8 Å². The van der Waals surface area contributed by atoms with Crippen molar-refractivity contribution in [2.75, 3.05) is 18.1 Å². The number of aliphatic hydroxyl groups excluding tert-OH is 2. The van der Waals surface area contributed by atoms with Crippen LogP contribution in [-0.2, 0) is 22.6 Å². The highest BCUT2D eigenvalue weighted by atomic mass is 32.2. The molecule has 6 nitrogen and oxygen atoms in total. The van der Waals surface area contributed by atoms with Crippen LogP contribution < -0.4 is 5.32 Å². The lowest BCUT2D eigenvalue weighted by Crippen LogP contribution is -2.31. The van der Waals surface area contributed by atoms with Gasteiger partial charge < -0.3 is 25.0 Å². The lowest BCUT2D eigenvalue weighted by Gasteiger charge is -2.36. The number of aliphatic hydroxyl groups is 2. The van der Waals surface area contributed by atoms with Crippen molar-refractivity contribution in [1.82, 2.24) is 5.32 Å². The average Bonchev–Trinajstić information content (AvgIpc) is 3.09.